The fourth-order valence-electron chi connectivity index (χ4n) is 1.50. The molecule has 0 radical (unpaired) electrons. The highest BCUT2D eigenvalue weighted by atomic mass is 16.4. The minimum atomic E-state index is -1.02. The van der Waals surface area contributed by atoms with Gasteiger partial charge in [-0.3, -0.25) is 4.98 Å². The van der Waals surface area contributed by atoms with Gasteiger partial charge in [-0.25, -0.2) is 9.59 Å². The summed E-state index contributed by atoms with van der Waals surface area (Å²) >= 11 is 0. The van der Waals surface area contributed by atoms with Crippen LogP contribution < -0.4 is 10.6 Å². The molecular weight excluding hydrogens is 258 g/mol. The SMILES string of the molecule is C#CCCCCNC(=O)NCc1cc(C(=O)O)ccn1. The summed E-state index contributed by atoms with van der Waals surface area (Å²) in [5, 5.41) is 14.1. The molecule has 6 heteroatoms. The van der Waals surface area contributed by atoms with Crippen LogP contribution in [0.1, 0.15) is 35.3 Å². The number of terminal acetylenes is 1. The van der Waals surface area contributed by atoms with E-state index < -0.39 is 5.97 Å². The van der Waals surface area contributed by atoms with Crippen molar-refractivity contribution in [1.82, 2.24) is 15.6 Å². The molecule has 0 fully saturated rings. The van der Waals surface area contributed by atoms with E-state index in [9.17, 15) is 9.59 Å². The number of rotatable bonds is 7. The van der Waals surface area contributed by atoms with Crippen LogP contribution in [-0.2, 0) is 6.54 Å². The van der Waals surface area contributed by atoms with Crippen LogP contribution in [0.2, 0.25) is 0 Å². The van der Waals surface area contributed by atoms with Crippen molar-refractivity contribution in [3.63, 3.8) is 0 Å². The Balaban J connectivity index is 2.29. The normalized spacial score (nSPS) is 9.55. The molecule has 0 aromatic carbocycles. The molecule has 0 unspecified atom stereocenters. The number of carbonyl (C=O) groups is 2. The Labute approximate surface area is 117 Å². The number of hydrogen-bond acceptors (Lipinski definition) is 3. The van der Waals surface area contributed by atoms with E-state index in [2.05, 4.69) is 21.5 Å². The number of carbonyl (C=O) groups excluding carboxylic acids is 1. The summed E-state index contributed by atoms with van der Waals surface area (Å²) in [4.78, 5) is 26.2. The second-order valence-electron chi connectivity index (χ2n) is 4.11. The average Bonchev–Trinajstić information content (AvgIpc) is 2.45. The van der Waals surface area contributed by atoms with Crippen molar-refractivity contribution in [1.29, 1.82) is 0 Å². The van der Waals surface area contributed by atoms with Crippen molar-refractivity contribution in [2.75, 3.05) is 6.54 Å². The Hall–Kier alpha value is -2.55. The van der Waals surface area contributed by atoms with Gasteiger partial charge in [-0.15, -0.1) is 12.3 Å². The van der Waals surface area contributed by atoms with Gasteiger partial charge in [0.2, 0.25) is 0 Å². The Morgan fingerprint density at radius 3 is 2.85 bits per heavy atom. The first kappa shape index (κ1) is 15.5. The van der Waals surface area contributed by atoms with Gasteiger partial charge in [-0.05, 0) is 25.0 Å². The van der Waals surface area contributed by atoms with Crippen molar-refractivity contribution >= 4 is 12.0 Å². The first-order valence-electron chi connectivity index (χ1n) is 6.27. The third-order valence-corrected chi connectivity index (χ3v) is 2.53. The molecule has 20 heavy (non-hydrogen) atoms. The van der Waals surface area contributed by atoms with Gasteiger partial charge in [-0.2, -0.15) is 0 Å². The molecule has 6 nitrogen and oxygen atoms in total. The highest BCUT2D eigenvalue weighted by Gasteiger charge is 2.05. The molecule has 106 valence electrons. The van der Waals surface area contributed by atoms with Gasteiger partial charge in [0.1, 0.15) is 0 Å². The zero-order chi connectivity index (χ0) is 14.8. The summed E-state index contributed by atoms with van der Waals surface area (Å²) in [6.07, 6.45) is 8.92. The van der Waals surface area contributed by atoms with Gasteiger partial charge in [0.25, 0.3) is 0 Å². The minimum Gasteiger partial charge on any atom is -0.478 e. The quantitative estimate of drug-likeness (QED) is 0.518. The Morgan fingerprint density at radius 2 is 2.15 bits per heavy atom. The Bertz CT molecular complexity index is 509. The van der Waals surface area contributed by atoms with Crippen molar-refractivity contribution in [2.24, 2.45) is 0 Å². The standard InChI is InChI=1S/C14H17N3O3/c1-2-3-4-5-7-16-14(20)17-10-12-9-11(13(18)19)6-8-15-12/h1,6,8-9H,3-5,7,10H2,(H,18,19)(H2,16,17,20). The molecular formula is C14H17N3O3. The van der Waals surface area contributed by atoms with Crippen LogP contribution >= 0.6 is 0 Å². The third-order valence-electron chi connectivity index (χ3n) is 2.53. The van der Waals surface area contributed by atoms with Crippen molar-refractivity contribution in [3.05, 3.63) is 29.6 Å². The van der Waals surface area contributed by atoms with Gasteiger partial charge < -0.3 is 15.7 Å². The van der Waals surface area contributed by atoms with Crippen molar-refractivity contribution in [2.45, 2.75) is 25.8 Å². The maximum absolute atomic E-state index is 11.5. The number of nitrogens with zero attached hydrogens (tertiary/aromatic N) is 1. The molecule has 0 atom stereocenters. The fourth-order valence-corrected chi connectivity index (χ4v) is 1.50. The zero-order valence-corrected chi connectivity index (χ0v) is 11.1. The van der Waals surface area contributed by atoms with Crippen LogP contribution in [0.15, 0.2) is 18.3 Å². The summed E-state index contributed by atoms with van der Waals surface area (Å²) in [7, 11) is 0. The Morgan fingerprint density at radius 1 is 1.35 bits per heavy atom. The second-order valence-corrected chi connectivity index (χ2v) is 4.11. The van der Waals surface area contributed by atoms with Gasteiger partial charge >= 0.3 is 12.0 Å². The van der Waals surface area contributed by atoms with Crippen LogP contribution in [-0.4, -0.2) is 28.6 Å². The number of hydrogen-bond donors (Lipinski definition) is 3. The smallest absolute Gasteiger partial charge is 0.335 e. The maximum Gasteiger partial charge on any atom is 0.335 e. The first-order valence-corrected chi connectivity index (χ1v) is 6.27. The largest absolute Gasteiger partial charge is 0.478 e. The number of aromatic carboxylic acids is 1. The van der Waals surface area contributed by atoms with Crippen molar-refractivity contribution in [3.8, 4) is 12.3 Å². The van der Waals surface area contributed by atoms with Crippen LogP contribution in [0.25, 0.3) is 0 Å². The predicted octanol–water partition coefficient (Wildman–Crippen LogP) is 1.38. The molecule has 0 aliphatic heterocycles. The first-order chi connectivity index (χ1) is 9.63. The number of amides is 2. The number of aromatic nitrogens is 1. The van der Waals surface area contributed by atoms with E-state index in [1.54, 1.807) is 0 Å². The molecule has 1 aromatic rings. The number of pyridine rings is 1. The van der Waals surface area contributed by atoms with Gasteiger partial charge in [0.15, 0.2) is 0 Å². The van der Waals surface area contributed by atoms with E-state index in [0.717, 1.165) is 12.8 Å². The molecule has 0 saturated carbocycles. The molecule has 3 N–H and O–H groups in total. The van der Waals surface area contributed by atoms with E-state index in [0.29, 0.717) is 18.7 Å². The number of carboxylic acids is 1. The zero-order valence-electron chi connectivity index (χ0n) is 11.1. The van der Waals surface area contributed by atoms with E-state index in [4.69, 9.17) is 11.5 Å². The van der Waals surface area contributed by atoms with Gasteiger partial charge in [0.05, 0.1) is 17.8 Å². The van der Waals surface area contributed by atoms with Crippen LogP contribution in [0, 0.1) is 12.3 Å². The number of nitrogens with one attached hydrogen (secondary N) is 2. The summed E-state index contributed by atoms with van der Waals surface area (Å²) in [6, 6.07) is 2.51. The van der Waals surface area contributed by atoms with Crippen LogP contribution in [0.3, 0.4) is 0 Å². The molecule has 1 rings (SSSR count). The van der Waals surface area contributed by atoms with E-state index in [-0.39, 0.29) is 18.1 Å². The maximum atomic E-state index is 11.5. The number of unbranched alkanes of at least 4 members (excludes halogenated alkanes) is 2. The van der Waals surface area contributed by atoms with Crippen molar-refractivity contribution < 1.29 is 14.7 Å². The topological polar surface area (TPSA) is 91.3 Å². The molecule has 0 spiro atoms. The lowest BCUT2D eigenvalue weighted by Gasteiger charge is -2.07. The van der Waals surface area contributed by atoms with Crippen LogP contribution in [0.4, 0.5) is 4.79 Å². The molecule has 0 aliphatic carbocycles. The minimum absolute atomic E-state index is 0.145. The van der Waals surface area contributed by atoms with E-state index >= 15 is 0 Å². The molecule has 0 aliphatic rings. The lowest BCUT2D eigenvalue weighted by atomic mass is 10.2. The highest BCUT2D eigenvalue weighted by Crippen LogP contribution is 2.01. The molecule has 0 bridgehead atoms. The second kappa shape index (κ2) is 8.53. The lowest BCUT2D eigenvalue weighted by Crippen LogP contribution is -2.35. The molecule has 1 heterocycles. The third kappa shape index (κ3) is 5.87. The van der Waals surface area contributed by atoms with Crippen LogP contribution in [0.5, 0.6) is 0 Å². The summed E-state index contributed by atoms with van der Waals surface area (Å²) in [6.45, 7) is 0.730. The Kier molecular flexibility index (Phi) is 6.62. The summed E-state index contributed by atoms with van der Waals surface area (Å²) in [5.74, 6) is 1.51. The van der Waals surface area contributed by atoms with E-state index in [1.165, 1.54) is 18.3 Å². The van der Waals surface area contributed by atoms with E-state index in [1.807, 2.05) is 0 Å². The lowest BCUT2D eigenvalue weighted by molar-refractivity contribution is 0.0696. The van der Waals surface area contributed by atoms with Gasteiger partial charge in [0, 0.05) is 19.2 Å². The number of carboxylic acid groups (broad SMARTS) is 1. The monoisotopic (exact) mass is 275 g/mol. The molecule has 1 aromatic heterocycles. The molecule has 0 saturated heterocycles. The number of urea groups is 1. The van der Waals surface area contributed by atoms with Gasteiger partial charge in [-0.1, -0.05) is 0 Å². The summed E-state index contributed by atoms with van der Waals surface area (Å²) < 4.78 is 0. The predicted molar refractivity (Wildman–Crippen MR) is 74.1 cm³/mol. The molecule has 2 amide bonds. The highest BCUT2D eigenvalue weighted by molar-refractivity contribution is 5.87. The summed E-state index contributed by atoms with van der Waals surface area (Å²) in [5.41, 5.74) is 0.638. The fraction of sp³-hybridized carbons (Fsp3) is 0.357. The average molecular weight is 275 g/mol.